The number of likely N-dealkylation sites (N-methyl/N-ethyl adjacent to an activating group) is 1. The summed E-state index contributed by atoms with van der Waals surface area (Å²) >= 11 is 7.83. The first-order chi connectivity index (χ1) is 13.2. The zero-order valence-corrected chi connectivity index (χ0v) is 16.9. The summed E-state index contributed by atoms with van der Waals surface area (Å²) in [7, 11) is 0. The first-order valence-corrected chi connectivity index (χ1v) is 10.5. The van der Waals surface area contributed by atoms with Crippen molar-refractivity contribution in [3.05, 3.63) is 58.4 Å². The van der Waals surface area contributed by atoms with Crippen LogP contribution in [-0.2, 0) is 0 Å². The summed E-state index contributed by atoms with van der Waals surface area (Å²) in [5.74, 6) is -0.158. The number of benzene rings is 2. The molecule has 2 heterocycles. The van der Waals surface area contributed by atoms with Crippen molar-refractivity contribution >= 4 is 50.3 Å². The van der Waals surface area contributed by atoms with Crippen molar-refractivity contribution in [1.82, 2.24) is 0 Å². The quantitative estimate of drug-likeness (QED) is 0.702. The number of carbonyl (C=O) groups excluding carboxylic acids is 1. The minimum atomic E-state index is -0.158. The number of quaternary nitrogens is 1. The van der Waals surface area contributed by atoms with E-state index < -0.39 is 0 Å². The molecule has 27 heavy (non-hydrogen) atoms. The molecule has 2 aromatic carbocycles. The van der Waals surface area contributed by atoms with Gasteiger partial charge >= 0.3 is 0 Å². The van der Waals surface area contributed by atoms with Crippen molar-refractivity contribution < 1.29 is 9.69 Å². The monoisotopic (exact) mass is 400 g/mol. The van der Waals surface area contributed by atoms with Gasteiger partial charge in [0.05, 0.1) is 37.7 Å². The van der Waals surface area contributed by atoms with Crippen LogP contribution in [0.5, 0.6) is 0 Å². The number of halogens is 1. The van der Waals surface area contributed by atoms with E-state index in [0.29, 0.717) is 9.90 Å². The average Bonchev–Trinajstić information content (AvgIpc) is 3.06. The van der Waals surface area contributed by atoms with Crippen LogP contribution in [0, 0.1) is 0 Å². The van der Waals surface area contributed by atoms with Crippen LogP contribution in [0.15, 0.2) is 48.5 Å². The Morgan fingerprint density at radius 2 is 1.85 bits per heavy atom. The highest BCUT2D eigenvalue weighted by Gasteiger charge is 2.19. The highest BCUT2D eigenvalue weighted by Crippen LogP contribution is 2.35. The lowest BCUT2D eigenvalue weighted by Gasteiger charge is -2.33. The molecule has 2 N–H and O–H groups in total. The zero-order valence-electron chi connectivity index (χ0n) is 15.3. The van der Waals surface area contributed by atoms with Gasteiger partial charge in [-0.1, -0.05) is 29.8 Å². The maximum atomic E-state index is 12.7. The molecule has 6 heteroatoms. The maximum Gasteiger partial charge on any atom is 0.267 e. The number of amides is 1. The molecule has 1 aliphatic rings. The van der Waals surface area contributed by atoms with Crippen molar-refractivity contribution in [3.63, 3.8) is 0 Å². The number of piperazine rings is 1. The number of nitrogens with one attached hydrogen (secondary N) is 2. The van der Waals surface area contributed by atoms with Gasteiger partial charge in [0.1, 0.15) is 4.88 Å². The van der Waals surface area contributed by atoms with Gasteiger partial charge in [-0.05, 0) is 37.3 Å². The number of nitrogens with zero attached hydrogens (tertiary/aromatic N) is 1. The molecule has 0 bridgehead atoms. The highest BCUT2D eigenvalue weighted by atomic mass is 35.5. The Bertz CT molecular complexity index is 946. The van der Waals surface area contributed by atoms with Crippen molar-refractivity contribution in [3.8, 4) is 0 Å². The Balaban J connectivity index is 1.45. The van der Waals surface area contributed by atoms with Gasteiger partial charge in [-0.25, -0.2) is 0 Å². The van der Waals surface area contributed by atoms with Crippen molar-refractivity contribution in [2.45, 2.75) is 6.92 Å². The van der Waals surface area contributed by atoms with E-state index in [4.69, 9.17) is 11.6 Å². The number of carbonyl (C=O) groups is 1. The number of thiophene rings is 1. The Labute approximate surface area is 168 Å². The zero-order chi connectivity index (χ0) is 18.8. The summed E-state index contributed by atoms with van der Waals surface area (Å²) in [5.41, 5.74) is 2.00. The summed E-state index contributed by atoms with van der Waals surface area (Å²) in [4.78, 5) is 17.3. The third-order valence-electron chi connectivity index (χ3n) is 5.20. The standard InChI is InChI=1S/C21H22ClN3OS/c1-2-24-11-13-25(14-12-24)16-9-7-15(8-10-16)23-21(26)20-19(22)17-5-3-4-6-18(17)27-20/h3-10H,2,11-14H2,1H3,(H,23,26)/p+1. The largest absolute Gasteiger partial charge is 0.360 e. The second-order valence-corrected chi connectivity index (χ2v) is 8.26. The first-order valence-electron chi connectivity index (χ1n) is 9.32. The number of hydrogen-bond donors (Lipinski definition) is 2. The van der Waals surface area contributed by atoms with E-state index in [1.807, 2.05) is 36.4 Å². The third-order valence-corrected chi connectivity index (χ3v) is 6.88. The molecule has 1 fully saturated rings. The van der Waals surface area contributed by atoms with Gasteiger partial charge in [-0.15, -0.1) is 11.3 Å². The maximum absolute atomic E-state index is 12.7. The van der Waals surface area contributed by atoms with E-state index >= 15 is 0 Å². The molecular formula is C21H23ClN3OS+. The molecule has 1 saturated heterocycles. The molecule has 0 atom stereocenters. The molecule has 0 spiro atoms. The Kier molecular flexibility index (Phi) is 5.34. The summed E-state index contributed by atoms with van der Waals surface area (Å²) < 4.78 is 1.02. The van der Waals surface area contributed by atoms with Crippen LogP contribution in [-0.4, -0.2) is 38.6 Å². The lowest BCUT2D eigenvalue weighted by Crippen LogP contribution is -3.14. The topological polar surface area (TPSA) is 36.8 Å². The summed E-state index contributed by atoms with van der Waals surface area (Å²) in [5, 5.41) is 4.43. The van der Waals surface area contributed by atoms with Gasteiger partial charge in [0.25, 0.3) is 5.91 Å². The van der Waals surface area contributed by atoms with Crippen LogP contribution in [0.1, 0.15) is 16.6 Å². The second kappa shape index (κ2) is 7.89. The minimum absolute atomic E-state index is 0.158. The van der Waals surface area contributed by atoms with E-state index in [0.717, 1.165) is 28.9 Å². The van der Waals surface area contributed by atoms with Crippen LogP contribution in [0.4, 0.5) is 11.4 Å². The second-order valence-electron chi connectivity index (χ2n) is 6.83. The normalized spacial score (nSPS) is 15.3. The van der Waals surface area contributed by atoms with Gasteiger partial charge in [0.15, 0.2) is 0 Å². The van der Waals surface area contributed by atoms with E-state index in [1.165, 1.54) is 36.7 Å². The fourth-order valence-electron chi connectivity index (χ4n) is 3.54. The molecule has 1 amide bonds. The van der Waals surface area contributed by atoms with Gasteiger partial charge in [0, 0.05) is 21.5 Å². The number of fused-ring (bicyclic) bond motifs is 1. The Hall–Kier alpha value is -2.08. The van der Waals surface area contributed by atoms with Crippen LogP contribution >= 0.6 is 22.9 Å². The van der Waals surface area contributed by atoms with Gasteiger partial charge in [-0.3, -0.25) is 4.79 Å². The number of anilines is 2. The van der Waals surface area contributed by atoms with E-state index in [2.05, 4.69) is 29.3 Å². The molecule has 4 rings (SSSR count). The summed E-state index contributed by atoms with van der Waals surface area (Å²) in [6.45, 7) is 7.95. The molecule has 140 valence electrons. The van der Waals surface area contributed by atoms with E-state index in [9.17, 15) is 4.79 Å². The van der Waals surface area contributed by atoms with Gasteiger partial charge in [0.2, 0.25) is 0 Å². The number of hydrogen-bond acceptors (Lipinski definition) is 3. The number of rotatable bonds is 4. The van der Waals surface area contributed by atoms with Crippen LogP contribution in [0.3, 0.4) is 0 Å². The minimum Gasteiger partial charge on any atom is -0.360 e. The first kappa shape index (κ1) is 18.3. The molecule has 0 saturated carbocycles. The molecule has 4 nitrogen and oxygen atoms in total. The lowest BCUT2D eigenvalue weighted by atomic mass is 10.2. The van der Waals surface area contributed by atoms with Gasteiger partial charge < -0.3 is 15.1 Å². The van der Waals surface area contributed by atoms with Crippen molar-refractivity contribution in [1.29, 1.82) is 0 Å². The predicted octanol–water partition coefficient (Wildman–Crippen LogP) is 3.53. The molecule has 0 aliphatic carbocycles. The van der Waals surface area contributed by atoms with E-state index in [-0.39, 0.29) is 5.91 Å². The molecule has 3 aromatic rings. The summed E-state index contributed by atoms with van der Waals surface area (Å²) in [6.07, 6.45) is 0. The fraction of sp³-hybridized carbons (Fsp3) is 0.286. The van der Waals surface area contributed by atoms with Crippen LogP contribution < -0.4 is 15.1 Å². The molecule has 1 aliphatic heterocycles. The van der Waals surface area contributed by atoms with Crippen LogP contribution in [0.25, 0.3) is 10.1 Å². The molecule has 0 unspecified atom stereocenters. The predicted molar refractivity (Wildman–Crippen MR) is 115 cm³/mol. The smallest absolute Gasteiger partial charge is 0.267 e. The highest BCUT2D eigenvalue weighted by molar-refractivity contribution is 7.21. The molecule has 0 radical (unpaired) electrons. The average molecular weight is 401 g/mol. The molecule has 1 aromatic heterocycles. The van der Waals surface area contributed by atoms with Crippen molar-refractivity contribution in [2.75, 3.05) is 42.9 Å². The molecular weight excluding hydrogens is 378 g/mol. The Morgan fingerprint density at radius 1 is 1.15 bits per heavy atom. The van der Waals surface area contributed by atoms with Gasteiger partial charge in [-0.2, -0.15) is 0 Å². The SMILES string of the molecule is CC[NH+]1CCN(c2ccc(NC(=O)c3sc4ccccc4c3Cl)cc2)CC1. The lowest BCUT2D eigenvalue weighted by molar-refractivity contribution is -0.898. The Morgan fingerprint density at radius 3 is 2.52 bits per heavy atom. The third kappa shape index (κ3) is 3.81. The van der Waals surface area contributed by atoms with Crippen molar-refractivity contribution in [2.24, 2.45) is 0 Å². The summed E-state index contributed by atoms with van der Waals surface area (Å²) in [6, 6.07) is 15.9. The van der Waals surface area contributed by atoms with E-state index in [1.54, 1.807) is 4.90 Å². The fourth-order valence-corrected chi connectivity index (χ4v) is 4.95. The van der Waals surface area contributed by atoms with Crippen LogP contribution in [0.2, 0.25) is 5.02 Å².